The molecule has 0 spiro atoms. The fourth-order valence-corrected chi connectivity index (χ4v) is 2.68. The number of halogens is 1. The highest BCUT2D eigenvalue weighted by Gasteiger charge is 2.22. The van der Waals surface area contributed by atoms with E-state index in [1.165, 1.54) is 5.56 Å². The number of rotatable bonds is 1. The molecular weight excluding hydrogens is 278 g/mol. The maximum Gasteiger partial charge on any atom is 0.254 e. The van der Waals surface area contributed by atoms with Gasteiger partial charge in [-0.25, -0.2) is 0 Å². The largest absolute Gasteiger partial charge is 0.339 e. The van der Waals surface area contributed by atoms with Crippen LogP contribution < -0.4 is 0 Å². The number of hydrogen-bond acceptors (Lipinski definition) is 1. The van der Waals surface area contributed by atoms with E-state index >= 15 is 0 Å². The number of alkyl halides is 1. The van der Waals surface area contributed by atoms with Crippen LogP contribution >= 0.6 is 15.9 Å². The Morgan fingerprint density at radius 3 is 2.53 bits per heavy atom. The van der Waals surface area contributed by atoms with E-state index in [1.807, 2.05) is 24.0 Å². The van der Waals surface area contributed by atoms with Crippen molar-refractivity contribution in [3.8, 4) is 0 Å². The minimum atomic E-state index is 0.182. The molecule has 1 aromatic rings. The number of carbonyl (C=O) groups excluding carboxylic acids is 1. The summed E-state index contributed by atoms with van der Waals surface area (Å²) in [4.78, 5) is 14.9. The van der Waals surface area contributed by atoms with Crippen LogP contribution in [0.2, 0.25) is 0 Å². The fraction of sp³-hybridized carbons (Fsp3) is 0.500. The summed E-state index contributed by atoms with van der Waals surface area (Å²) in [5.41, 5.74) is 3.14. The molecule has 17 heavy (non-hydrogen) atoms. The van der Waals surface area contributed by atoms with Gasteiger partial charge in [0.25, 0.3) is 5.91 Å². The molecule has 1 aliphatic rings. The Kier molecular flexibility index (Phi) is 3.87. The Labute approximate surface area is 111 Å². The van der Waals surface area contributed by atoms with Crippen molar-refractivity contribution >= 4 is 21.8 Å². The van der Waals surface area contributed by atoms with Crippen LogP contribution in [-0.4, -0.2) is 28.7 Å². The molecule has 1 aliphatic heterocycles. The molecule has 0 saturated carbocycles. The van der Waals surface area contributed by atoms with E-state index in [9.17, 15) is 4.79 Å². The summed E-state index contributed by atoms with van der Waals surface area (Å²) in [6.45, 7) is 5.79. The van der Waals surface area contributed by atoms with Crippen molar-refractivity contribution in [1.82, 2.24) is 4.90 Å². The first-order valence-electron chi connectivity index (χ1n) is 6.08. The maximum atomic E-state index is 12.3. The molecule has 0 radical (unpaired) electrons. The quantitative estimate of drug-likeness (QED) is 0.728. The van der Waals surface area contributed by atoms with Crippen molar-refractivity contribution in [2.75, 3.05) is 13.1 Å². The van der Waals surface area contributed by atoms with Crippen LogP contribution in [0.3, 0.4) is 0 Å². The monoisotopic (exact) mass is 295 g/mol. The van der Waals surface area contributed by atoms with Crippen LogP contribution in [0.25, 0.3) is 0 Å². The molecule has 1 saturated heterocycles. The third kappa shape index (κ3) is 2.89. The number of nitrogens with zero attached hydrogens (tertiary/aromatic N) is 1. The Morgan fingerprint density at radius 2 is 1.94 bits per heavy atom. The minimum absolute atomic E-state index is 0.182. The van der Waals surface area contributed by atoms with Crippen molar-refractivity contribution in [2.45, 2.75) is 31.5 Å². The van der Waals surface area contributed by atoms with Gasteiger partial charge in [0, 0.05) is 23.5 Å². The van der Waals surface area contributed by atoms with E-state index in [0.29, 0.717) is 4.83 Å². The van der Waals surface area contributed by atoms with Gasteiger partial charge in [-0.2, -0.15) is 0 Å². The molecule has 1 heterocycles. The molecule has 0 unspecified atom stereocenters. The SMILES string of the molecule is Cc1ccc(C(=O)N2CCC(Br)CC2)c(C)c1. The lowest BCUT2D eigenvalue weighted by Crippen LogP contribution is -2.38. The number of carbonyl (C=O) groups is 1. The maximum absolute atomic E-state index is 12.3. The number of hydrogen-bond donors (Lipinski definition) is 0. The summed E-state index contributed by atoms with van der Waals surface area (Å²) in [6, 6.07) is 6.04. The van der Waals surface area contributed by atoms with E-state index in [-0.39, 0.29) is 5.91 Å². The van der Waals surface area contributed by atoms with Gasteiger partial charge in [0.2, 0.25) is 0 Å². The van der Waals surface area contributed by atoms with E-state index < -0.39 is 0 Å². The molecule has 0 atom stereocenters. The predicted molar refractivity (Wildman–Crippen MR) is 73.8 cm³/mol. The van der Waals surface area contributed by atoms with Crippen LogP contribution in [0.5, 0.6) is 0 Å². The second-order valence-corrected chi connectivity index (χ2v) is 6.08. The summed E-state index contributed by atoms with van der Waals surface area (Å²) < 4.78 is 0. The topological polar surface area (TPSA) is 20.3 Å². The van der Waals surface area contributed by atoms with Crippen molar-refractivity contribution in [1.29, 1.82) is 0 Å². The van der Waals surface area contributed by atoms with Crippen LogP contribution in [0.4, 0.5) is 0 Å². The number of likely N-dealkylation sites (tertiary alicyclic amines) is 1. The molecule has 0 bridgehead atoms. The normalized spacial score (nSPS) is 17.2. The van der Waals surface area contributed by atoms with Gasteiger partial charge >= 0.3 is 0 Å². The molecule has 92 valence electrons. The molecule has 2 nitrogen and oxygen atoms in total. The van der Waals surface area contributed by atoms with E-state index in [0.717, 1.165) is 37.1 Å². The predicted octanol–water partition coefficient (Wildman–Crippen LogP) is 3.30. The number of amides is 1. The smallest absolute Gasteiger partial charge is 0.254 e. The Balaban J connectivity index is 2.14. The van der Waals surface area contributed by atoms with Gasteiger partial charge in [0.15, 0.2) is 0 Å². The van der Waals surface area contributed by atoms with Gasteiger partial charge in [-0.1, -0.05) is 33.6 Å². The summed E-state index contributed by atoms with van der Waals surface area (Å²) in [6.07, 6.45) is 2.10. The molecule has 1 fully saturated rings. The van der Waals surface area contributed by atoms with E-state index in [2.05, 4.69) is 28.9 Å². The van der Waals surface area contributed by atoms with Gasteiger partial charge < -0.3 is 4.90 Å². The van der Waals surface area contributed by atoms with Crippen LogP contribution in [0, 0.1) is 13.8 Å². The third-order valence-electron chi connectivity index (χ3n) is 3.32. The number of piperidine rings is 1. The highest BCUT2D eigenvalue weighted by molar-refractivity contribution is 9.09. The second kappa shape index (κ2) is 5.21. The summed E-state index contributed by atoms with van der Waals surface area (Å²) in [5.74, 6) is 0.182. The van der Waals surface area contributed by atoms with Crippen molar-refractivity contribution < 1.29 is 4.79 Å². The Hall–Kier alpha value is -0.830. The molecule has 0 aliphatic carbocycles. The van der Waals surface area contributed by atoms with Crippen LogP contribution in [-0.2, 0) is 0 Å². The summed E-state index contributed by atoms with van der Waals surface area (Å²) >= 11 is 3.61. The lowest BCUT2D eigenvalue weighted by atomic mass is 10.0. The molecule has 3 heteroatoms. The fourth-order valence-electron chi connectivity index (χ4n) is 2.27. The first-order valence-corrected chi connectivity index (χ1v) is 7.00. The average Bonchev–Trinajstić information content (AvgIpc) is 2.29. The third-order valence-corrected chi connectivity index (χ3v) is 4.24. The highest BCUT2D eigenvalue weighted by Crippen LogP contribution is 2.20. The van der Waals surface area contributed by atoms with Gasteiger partial charge in [-0.05, 0) is 38.3 Å². The van der Waals surface area contributed by atoms with Crippen molar-refractivity contribution in [2.24, 2.45) is 0 Å². The van der Waals surface area contributed by atoms with Crippen molar-refractivity contribution in [3.05, 3.63) is 34.9 Å². The van der Waals surface area contributed by atoms with Gasteiger partial charge in [-0.15, -0.1) is 0 Å². The van der Waals surface area contributed by atoms with E-state index in [1.54, 1.807) is 0 Å². The standard InChI is InChI=1S/C14H18BrNO/c1-10-3-4-13(11(2)9-10)14(17)16-7-5-12(15)6-8-16/h3-4,9,12H,5-8H2,1-2H3. The number of benzene rings is 1. The molecule has 0 N–H and O–H groups in total. The zero-order valence-electron chi connectivity index (χ0n) is 10.4. The zero-order valence-corrected chi connectivity index (χ0v) is 12.0. The van der Waals surface area contributed by atoms with Crippen LogP contribution in [0.15, 0.2) is 18.2 Å². The summed E-state index contributed by atoms with van der Waals surface area (Å²) in [7, 11) is 0. The van der Waals surface area contributed by atoms with Crippen molar-refractivity contribution in [3.63, 3.8) is 0 Å². The van der Waals surface area contributed by atoms with Gasteiger partial charge in [0.05, 0.1) is 0 Å². The highest BCUT2D eigenvalue weighted by atomic mass is 79.9. The molecule has 0 aromatic heterocycles. The lowest BCUT2D eigenvalue weighted by molar-refractivity contribution is 0.0727. The van der Waals surface area contributed by atoms with E-state index in [4.69, 9.17) is 0 Å². The average molecular weight is 296 g/mol. The number of aryl methyl sites for hydroxylation is 2. The van der Waals surface area contributed by atoms with Crippen LogP contribution in [0.1, 0.15) is 34.3 Å². The zero-order chi connectivity index (χ0) is 12.4. The van der Waals surface area contributed by atoms with Gasteiger partial charge in [-0.3, -0.25) is 4.79 Å². The first-order chi connectivity index (χ1) is 8.08. The van der Waals surface area contributed by atoms with Gasteiger partial charge in [0.1, 0.15) is 0 Å². The Bertz CT molecular complexity index is 422. The summed E-state index contributed by atoms with van der Waals surface area (Å²) in [5, 5.41) is 0. The Morgan fingerprint density at radius 1 is 1.29 bits per heavy atom. The lowest BCUT2D eigenvalue weighted by Gasteiger charge is -2.30. The minimum Gasteiger partial charge on any atom is -0.339 e. The molecular formula is C14H18BrNO. The molecule has 2 rings (SSSR count). The molecule has 1 amide bonds. The second-order valence-electron chi connectivity index (χ2n) is 4.79. The first kappa shape index (κ1) is 12.6. The molecule has 1 aromatic carbocycles.